The Kier molecular flexibility index (Phi) is 11.5. The Balaban J connectivity index is 2.67. The number of aliphatic hydroxyl groups is 2. The number of hydrogen-bond acceptors (Lipinski definition) is 9. The third-order valence-electron chi connectivity index (χ3n) is 5.51. The van der Waals surface area contributed by atoms with Crippen molar-refractivity contribution in [1.82, 2.24) is 16.0 Å². The lowest BCUT2D eigenvalue weighted by Gasteiger charge is -2.49. The SMILES string of the molecule is CC(=O)NC1[C@H](OCCC(=O)NC(C)C(=O)NC(CCC(=O)O)C(N)=O)[C@H](O)C(CO)OC1(C)C. The van der Waals surface area contributed by atoms with Gasteiger partial charge in [0, 0.05) is 19.8 Å². The number of carboxylic acids is 1. The lowest BCUT2D eigenvalue weighted by molar-refractivity contribution is -0.237. The second kappa shape index (κ2) is 13.3. The Hall–Kier alpha value is -2.81. The summed E-state index contributed by atoms with van der Waals surface area (Å²) in [5, 5.41) is 36.2. The van der Waals surface area contributed by atoms with Gasteiger partial charge in [-0.1, -0.05) is 0 Å². The van der Waals surface area contributed by atoms with Gasteiger partial charge in [0.1, 0.15) is 30.4 Å². The minimum Gasteiger partial charge on any atom is -0.481 e. The van der Waals surface area contributed by atoms with Crippen molar-refractivity contribution in [3.63, 3.8) is 0 Å². The fourth-order valence-electron chi connectivity index (χ4n) is 3.67. The van der Waals surface area contributed by atoms with Crippen LogP contribution < -0.4 is 21.7 Å². The number of primary amides is 1. The number of amides is 4. The van der Waals surface area contributed by atoms with Gasteiger partial charge < -0.3 is 46.5 Å². The predicted octanol–water partition coefficient (Wildman–Crippen LogP) is -2.86. The van der Waals surface area contributed by atoms with Crippen LogP contribution in [-0.2, 0) is 33.4 Å². The normalized spacial score (nSPS) is 25.1. The van der Waals surface area contributed by atoms with Gasteiger partial charge in [-0.15, -0.1) is 0 Å². The molecule has 14 nitrogen and oxygen atoms in total. The monoisotopic (exact) mass is 504 g/mol. The number of nitrogens with one attached hydrogen (secondary N) is 3. The van der Waals surface area contributed by atoms with Crippen molar-refractivity contribution in [2.24, 2.45) is 5.73 Å². The summed E-state index contributed by atoms with van der Waals surface area (Å²) in [5.74, 6) is -3.75. The van der Waals surface area contributed by atoms with Gasteiger partial charge >= 0.3 is 5.97 Å². The molecule has 0 bridgehead atoms. The van der Waals surface area contributed by atoms with Gasteiger partial charge in [-0.2, -0.15) is 0 Å². The van der Waals surface area contributed by atoms with E-state index in [1.807, 2.05) is 0 Å². The number of nitrogens with two attached hydrogens (primary N) is 1. The van der Waals surface area contributed by atoms with Gasteiger partial charge in [0.05, 0.1) is 24.9 Å². The molecule has 0 aromatic heterocycles. The molecule has 1 aliphatic rings. The molecule has 1 rings (SSSR count). The largest absolute Gasteiger partial charge is 0.481 e. The lowest BCUT2D eigenvalue weighted by atomic mass is 9.84. The highest BCUT2D eigenvalue weighted by Crippen LogP contribution is 2.31. The Bertz CT molecular complexity index is 790. The highest BCUT2D eigenvalue weighted by Gasteiger charge is 2.50. The number of carbonyl (C=O) groups is 5. The summed E-state index contributed by atoms with van der Waals surface area (Å²) in [6.45, 7) is 5.33. The van der Waals surface area contributed by atoms with Gasteiger partial charge in [-0.05, 0) is 27.2 Å². The van der Waals surface area contributed by atoms with Crippen molar-refractivity contribution in [3.05, 3.63) is 0 Å². The van der Waals surface area contributed by atoms with Crippen LogP contribution in [0.2, 0.25) is 0 Å². The molecular formula is C21H36N4O10. The summed E-state index contributed by atoms with van der Waals surface area (Å²) in [4.78, 5) is 58.3. The summed E-state index contributed by atoms with van der Waals surface area (Å²) in [6, 6.07) is -3.04. The average molecular weight is 505 g/mol. The van der Waals surface area contributed by atoms with E-state index in [2.05, 4.69) is 16.0 Å². The van der Waals surface area contributed by atoms with Gasteiger partial charge in [0.25, 0.3) is 0 Å². The van der Waals surface area contributed by atoms with E-state index in [4.69, 9.17) is 20.3 Å². The molecule has 6 atom stereocenters. The third-order valence-corrected chi connectivity index (χ3v) is 5.51. The molecule has 0 saturated carbocycles. The van der Waals surface area contributed by atoms with Gasteiger partial charge in [-0.3, -0.25) is 24.0 Å². The molecule has 14 heteroatoms. The average Bonchev–Trinajstić information content (AvgIpc) is 2.74. The molecule has 0 aliphatic carbocycles. The van der Waals surface area contributed by atoms with E-state index in [9.17, 15) is 34.2 Å². The van der Waals surface area contributed by atoms with Crippen molar-refractivity contribution in [2.45, 2.75) is 89.0 Å². The smallest absolute Gasteiger partial charge is 0.303 e. The molecule has 0 aromatic carbocycles. The number of hydrogen-bond donors (Lipinski definition) is 7. The first-order valence-electron chi connectivity index (χ1n) is 11.2. The number of aliphatic hydroxyl groups excluding tert-OH is 2. The van der Waals surface area contributed by atoms with Crippen molar-refractivity contribution >= 4 is 29.6 Å². The molecule has 4 unspecified atom stereocenters. The maximum Gasteiger partial charge on any atom is 0.303 e. The molecule has 200 valence electrons. The summed E-state index contributed by atoms with van der Waals surface area (Å²) in [7, 11) is 0. The van der Waals surface area contributed by atoms with Gasteiger partial charge in [0.2, 0.25) is 23.6 Å². The van der Waals surface area contributed by atoms with E-state index < -0.39 is 72.3 Å². The summed E-state index contributed by atoms with van der Waals surface area (Å²) < 4.78 is 11.4. The van der Waals surface area contributed by atoms with E-state index in [0.29, 0.717) is 0 Å². The highest BCUT2D eigenvalue weighted by molar-refractivity contribution is 5.91. The molecule has 35 heavy (non-hydrogen) atoms. The Morgan fingerprint density at radius 1 is 1.14 bits per heavy atom. The minimum absolute atomic E-state index is 0.186. The Morgan fingerprint density at radius 2 is 1.77 bits per heavy atom. The van der Waals surface area contributed by atoms with E-state index in [0.717, 1.165) is 0 Å². The summed E-state index contributed by atoms with van der Waals surface area (Å²) in [6.07, 6.45) is -4.02. The predicted molar refractivity (Wildman–Crippen MR) is 120 cm³/mol. The Labute approximate surface area is 202 Å². The van der Waals surface area contributed by atoms with E-state index in [-0.39, 0.29) is 31.8 Å². The third kappa shape index (κ3) is 9.39. The topological polar surface area (TPSA) is 227 Å². The maximum absolute atomic E-state index is 12.3. The highest BCUT2D eigenvalue weighted by atomic mass is 16.6. The zero-order valence-corrected chi connectivity index (χ0v) is 20.3. The first-order chi connectivity index (χ1) is 16.2. The maximum atomic E-state index is 12.3. The minimum atomic E-state index is -1.28. The van der Waals surface area contributed by atoms with Crippen LogP contribution in [0.25, 0.3) is 0 Å². The van der Waals surface area contributed by atoms with Crippen molar-refractivity contribution in [1.29, 1.82) is 0 Å². The van der Waals surface area contributed by atoms with Crippen LogP contribution >= 0.6 is 0 Å². The van der Waals surface area contributed by atoms with E-state index in [1.165, 1.54) is 13.8 Å². The van der Waals surface area contributed by atoms with Gasteiger partial charge in [0.15, 0.2) is 0 Å². The molecule has 1 saturated heterocycles. The van der Waals surface area contributed by atoms with Crippen molar-refractivity contribution in [3.8, 4) is 0 Å². The molecule has 1 fully saturated rings. The number of carboxylic acid groups (broad SMARTS) is 1. The van der Waals surface area contributed by atoms with Crippen LogP contribution in [0.3, 0.4) is 0 Å². The van der Waals surface area contributed by atoms with Crippen LogP contribution in [0, 0.1) is 0 Å². The number of aliphatic carboxylic acids is 1. The van der Waals surface area contributed by atoms with Crippen LogP contribution in [-0.4, -0.2) is 100 Å². The van der Waals surface area contributed by atoms with E-state index >= 15 is 0 Å². The standard InChI is InChI=1S/C21H36N4O10/c1-10(20(33)25-12(19(22)32)5-6-15(29)30)23-14(28)7-8-34-17-16(31)13(9-26)35-21(3,4)18(17)24-11(2)27/h10,12-13,16-18,26,31H,5-9H2,1-4H3,(H2,22,32)(H,23,28)(H,24,27)(H,25,33)(H,29,30)/t10?,12?,13?,16-,17-,18?/m1/s1. The zero-order valence-electron chi connectivity index (χ0n) is 20.3. The molecule has 1 aliphatic heterocycles. The number of carbonyl (C=O) groups excluding carboxylic acids is 4. The second-order valence-electron chi connectivity index (χ2n) is 8.88. The molecule has 0 radical (unpaired) electrons. The van der Waals surface area contributed by atoms with Gasteiger partial charge in [-0.25, -0.2) is 0 Å². The molecule has 4 amide bonds. The van der Waals surface area contributed by atoms with Crippen molar-refractivity contribution in [2.75, 3.05) is 13.2 Å². The molecular weight excluding hydrogens is 468 g/mol. The van der Waals surface area contributed by atoms with Crippen LogP contribution in [0.15, 0.2) is 0 Å². The quantitative estimate of drug-likeness (QED) is 0.136. The zero-order chi connectivity index (χ0) is 26.9. The lowest BCUT2D eigenvalue weighted by Crippen LogP contribution is -2.68. The first kappa shape index (κ1) is 30.2. The fraction of sp³-hybridized carbons (Fsp3) is 0.762. The molecule has 8 N–H and O–H groups in total. The number of ether oxygens (including phenoxy) is 2. The second-order valence-corrected chi connectivity index (χ2v) is 8.88. The number of rotatable bonds is 13. The fourth-order valence-corrected chi connectivity index (χ4v) is 3.67. The van der Waals surface area contributed by atoms with Crippen molar-refractivity contribution < 1.29 is 48.8 Å². The molecule has 1 heterocycles. The molecule has 0 spiro atoms. The van der Waals surface area contributed by atoms with Crippen LogP contribution in [0.5, 0.6) is 0 Å². The van der Waals surface area contributed by atoms with Crippen LogP contribution in [0.4, 0.5) is 0 Å². The molecule has 0 aromatic rings. The Morgan fingerprint density at radius 3 is 2.29 bits per heavy atom. The summed E-state index contributed by atoms with van der Waals surface area (Å²) >= 11 is 0. The first-order valence-corrected chi connectivity index (χ1v) is 11.2. The summed E-state index contributed by atoms with van der Waals surface area (Å²) in [5.41, 5.74) is 4.19. The van der Waals surface area contributed by atoms with Crippen LogP contribution in [0.1, 0.15) is 47.0 Å². The van der Waals surface area contributed by atoms with E-state index in [1.54, 1.807) is 13.8 Å².